The zero-order chi connectivity index (χ0) is 14.7. The van der Waals surface area contributed by atoms with Crippen LogP contribution in [0.3, 0.4) is 0 Å². The Hall–Kier alpha value is -2.14. The first-order chi connectivity index (χ1) is 9.52. The number of carbonyl (C=O) groups excluding carboxylic acids is 1. The lowest BCUT2D eigenvalue weighted by Gasteiger charge is -2.09. The molecule has 0 saturated heterocycles. The van der Waals surface area contributed by atoms with Crippen molar-refractivity contribution in [2.45, 2.75) is 0 Å². The van der Waals surface area contributed by atoms with Crippen LogP contribution >= 0.6 is 11.6 Å². The summed E-state index contributed by atoms with van der Waals surface area (Å²) in [5.74, 6) is -2.31. The normalized spacial score (nSPS) is 10.2. The summed E-state index contributed by atoms with van der Waals surface area (Å²) in [6.45, 7) is 0. The van der Waals surface area contributed by atoms with Crippen molar-refractivity contribution in [3.8, 4) is 5.75 Å². The summed E-state index contributed by atoms with van der Waals surface area (Å²) in [4.78, 5) is 11.9. The maximum absolute atomic E-state index is 13.5. The minimum Gasteiger partial charge on any atom is -0.495 e. The van der Waals surface area contributed by atoms with Gasteiger partial charge in [-0.2, -0.15) is 0 Å². The first-order valence-corrected chi connectivity index (χ1v) is 5.99. The highest BCUT2D eigenvalue weighted by Gasteiger charge is 2.17. The zero-order valence-electron chi connectivity index (χ0n) is 10.4. The van der Waals surface area contributed by atoms with Gasteiger partial charge < -0.3 is 10.1 Å². The van der Waals surface area contributed by atoms with Crippen molar-refractivity contribution in [3.05, 3.63) is 58.6 Å². The van der Waals surface area contributed by atoms with Gasteiger partial charge in [-0.15, -0.1) is 0 Å². The Bertz CT molecular complexity index is 641. The third-order valence-corrected chi connectivity index (χ3v) is 2.89. The highest BCUT2D eigenvalue weighted by atomic mass is 35.5. The molecule has 0 radical (unpaired) electrons. The lowest BCUT2D eigenvalue weighted by atomic mass is 10.1. The molecule has 20 heavy (non-hydrogen) atoms. The number of hydrogen-bond acceptors (Lipinski definition) is 2. The molecule has 3 nitrogen and oxygen atoms in total. The number of nitrogens with one attached hydrogen (secondary N) is 1. The van der Waals surface area contributed by atoms with Gasteiger partial charge in [-0.1, -0.05) is 17.7 Å². The molecule has 104 valence electrons. The molecule has 0 bridgehead atoms. The summed E-state index contributed by atoms with van der Waals surface area (Å²) >= 11 is 5.90. The van der Waals surface area contributed by atoms with E-state index >= 15 is 0 Å². The van der Waals surface area contributed by atoms with Gasteiger partial charge in [0.05, 0.1) is 12.1 Å². The van der Waals surface area contributed by atoms with Crippen LogP contribution in [0.1, 0.15) is 10.4 Å². The lowest BCUT2D eigenvalue weighted by Crippen LogP contribution is -2.15. The van der Waals surface area contributed by atoms with Gasteiger partial charge in [0.2, 0.25) is 0 Å². The molecule has 0 heterocycles. The van der Waals surface area contributed by atoms with Crippen LogP contribution in [0.5, 0.6) is 5.75 Å². The smallest absolute Gasteiger partial charge is 0.261 e. The molecule has 1 amide bonds. The van der Waals surface area contributed by atoms with Crippen molar-refractivity contribution in [3.63, 3.8) is 0 Å². The van der Waals surface area contributed by atoms with Crippen LogP contribution in [-0.4, -0.2) is 13.0 Å². The maximum Gasteiger partial charge on any atom is 0.261 e. The zero-order valence-corrected chi connectivity index (χ0v) is 11.2. The quantitative estimate of drug-likeness (QED) is 0.933. The predicted molar refractivity (Wildman–Crippen MR) is 72.3 cm³/mol. The number of ether oxygens (including phenoxy) is 1. The van der Waals surface area contributed by atoms with Crippen LogP contribution in [0.15, 0.2) is 36.4 Å². The van der Waals surface area contributed by atoms with Gasteiger partial charge in [0.1, 0.15) is 22.9 Å². The van der Waals surface area contributed by atoms with E-state index in [2.05, 4.69) is 5.32 Å². The highest BCUT2D eigenvalue weighted by molar-refractivity contribution is 6.32. The van der Waals surface area contributed by atoms with Crippen molar-refractivity contribution < 1.29 is 18.3 Å². The first-order valence-electron chi connectivity index (χ1n) is 5.62. The van der Waals surface area contributed by atoms with Crippen LogP contribution in [0.25, 0.3) is 0 Å². The van der Waals surface area contributed by atoms with Crippen molar-refractivity contribution in [2.75, 3.05) is 12.4 Å². The Balaban J connectivity index is 2.26. The van der Waals surface area contributed by atoms with Crippen LogP contribution in [-0.2, 0) is 0 Å². The maximum atomic E-state index is 13.5. The second-order valence-electron chi connectivity index (χ2n) is 3.90. The molecule has 0 aliphatic heterocycles. The fourth-order valence-corrected chi connectivity index (χ4v) is 1.91. The molecule has 2 aromatic carbocycles. The van der Waals surface area contributed by atoms with Gasteiger partial charge in [0.15, 0.2) is 0 Å². The summed E-state index contributed by atoms with van der Waals surface area (Å²) in [7, 11) is 1.45. The fraction of sp³-hybridized carbons (Fsp3) is 0.0714. The van der Waals surface area contributed by atoms with Crippen molar-refractivity contribution >= 4 is 23.2 Å². The summed E-state index contributed by atoms with van der Waals surface area (Å²) in [6.07, 6.45) is 0. The molecule has 0 unspecified atom stereocenters. The monoisotopic (exact) mass is 297 g/mol. The molecular weight excluding hydrogens is 288 g/mol. The molecule has 0 aromatic heterocycles. The summed E-state index contributed by atoms with van der Waals surface area (Å²) in [6, 6.07) is 7.69. The highest BCUT2D eigenvalue weighted by Crippen LogP contribution is 2.27. The topological polar surface area (TPSA) is 38.3 Å². The molecule has 0 saturated carbocycles. The van der Waals surface area contributed by atoms with Gasteiger partial charge in [-0.25, -0.2) is 8.78 Å². The Morgan fingerprint density at radius 1 is 1.20 bits per heavy atom. The Kier molecular flexibility index (Phi) is 4.20. The molecule has 6 heteroatoms. The predicted octanol–water partition coefficient (Wildman–Crippen LogP) is 3.88. The molecule has 2 aromatic rings. The van der Waals surface area contributed by atoms with Crippen LogP contribution in [0.2, 0.25) is 5.02 Å². The van der Waals surface area contributed by atoms with Crippen LogP contribution in [0, 0.1) is 11.6 Å². The molecule has 0 aliphatic carbocycles. The van der Waals surface area contributed by atoms with Gasteiger partial charge >= 0.3 is 0 Å². The molecule has 0 aliphatic rings. The van der Waals surface area contributed by atoms with Gasteiger partial charge in [0.25, 0.3) is 5.91 Å². The van der Waals surface area contributed by atoms with E-state index < -0.39 is 23.1 Å². The lowest BCUT2D eigenvalue weighted by molar-refractivity contribution is 0.101. The number of hydrogen-bond donors (Lipinski definition) is 1. The van der Waals surface area contributed by atoms with E-state index in [0.29, 0.717) is 11.4 Å². The van der Waals surface area contributed by atoms with Crippen molar-refractivity contribution in [2.24, 2.45) is 0 Å². The third-order valence-electron chi connectivity index (χ3n) is 2.60. The number of methoxy groups -OCH3 is 1. The van der Waals surface area contributed by atoms with Crippen LogP contribution in [0.4, 0.5) is 14.5 Å². The van der Waals surface area contributed by atoms with E-state index in [-0.39, 0.29) is 5.02 Å². The molecule has 0 fully saturated rings. The average molecular weight is 298 g/mol. The summed E-state index contributed by atoms with van der Waals surface area (Å²) < 4.78 is 31.9. The second-order valence-corrected chi connectivity index (χ2v) is 4.31. The number of amides is 1. The molecule has 0 atom stereocenters. The van der Waals surface area contributed by atoms with Crippen molar-refractivity contribution in [1.82, 2.24) is 0 Å². The number of carbonyl (C=O) groups is 1. The fourth-order valence-electron chi connectivity index (χ4n) is 1.65. The number of halogens is 3. The second kappa shape index (κ2) is 5.88. The van der Waals surface area contributed by atoms with E-state index in [4.69, 9.17) is 16.3 Å². The van der Waals surface area contributed by atoms with E-state index in [9.17, 15) is 13.6 Å². The number of anilines is 1. The average Bonchev–Trinajstić information content (AvgIpc) is 2.38. The largest absolute Gasteiger partial charge is 0.495 e. The molecule has 2 rings (SSSR count). The van der Waals surface area contributed by atoms with E-state index in [1.807, 2.05) is 0 Å². The molecular formula is C14H10ClF2NO2. The number of rotatable bonds is 3. The first kappa shape index (κ1) is 14.3. The van der Waals surface area contributed by atoms with Crippen molar-refractivity contribution in [1.29, 1.82) is 0 Å². The van der Waals surface area contributed by atoms with Gasteiger partial charge in [0, 0.05) is 5.69 Å². The SMILES string of the molecule is COc1ccc(NC(=O)c2c(F)cccc2F)cc1Cl. The minimum atomic E-state index is -0.929. The van der Waals surface area contributed by atoms with Crippen LogP contribution < -0.4 is 10.1 Å². The van der Waals surface area contributed by atoms with Gasteiger partial charge in [-0.05, 0) is 30.3 Å². The Labute approximate surface area is 119 Å². The number of benzene rings is 2. The summed E-state index contributed by atoms with van der Waals surface area (Å²) in [5, 5.41) is 2.65. The third kappa shape index (κ3) is 2.88. The minimum absolute atomic E-state index is 0.277. The van der Waals surface area contributed by atoms with E-state index in [1.54, 1.807) is 0 Å². The standard InChI is InChI=1S/C14H10ClF2NO2/c1-20-12-6-5-8(7-9(12)15)18-14(19)13-10(16)3-2-4-11(13)17/h2-7H,1H3,(H,18,19). The molecule has 1 N–H and O–H groups in total. The Morgan fingerprint density at radius 3 is 2.40 bits per heavy atom. The molecule has 0 spiro atoms. The Morgan fingerprint density at radius 2 is 1.85 bits per heavy atom. The summed E-state index contributed by atoms with van der Waals surface area (Å²) in [5.41, 5.74) is -0.331. The van der Waals surface area contributed by atoms with Gasteiger partial charge in [-0.3, -0.25) is 4.79 Å². The van der Waals surface area contributed by atoms with E-state index in [0.717, 1.165) is 12.1 Å². The van der Waals surface area contributed by atoms with E-state index in [1.165, 1.54) is 31.4 Å².